The van der Waals surface area contributed by atoms with E-state index in [2.05, 4.69) is 22.2 Å². The largest absolute Gasteiger partial charge is 0.478 e. The Bertz CT molecular complexity index is 601. The van der Waals surface area contributed by atoms with Crippen LogP contribution < -0.4 is 15.0 Å². The third kappa shape index (κ3) is 3.19. The van der Waals surface area contributed by atoms with Crippen molar-refractivity contribution in [3.8, 4) is 5.88 Å². The quantitative estimate of drug-likeness (QED) is 0.942. The summed E-state index contributed by atoms with van der Waals surface area (Å²) in [7, 11) is 3.72. The van der Waals surface area contributed by atoms with E-state index in [1.54, 1.807) is 7.11 Å². The van der Waals surface area contributed by atoms with Crippen molar-refractivity contribution in [1.82, 2.24) is 15.3 Å². The molecule has 1 aliphatic rings. The summed E-state index contributed by atoms with van der Waals surface area (Å²) in [5, 5.41) is 3.43. The molecule has 2 heterocycles. The minimum Gasteiger partial charge on any atom is -0.478 e. The number of fused-ring (bicyclic) bond motifs is 1. The predicted molar refractivity (Wildman–Crippen MR) is 87.6 cm³/mol. The van der Waals surface area contributed by atoms with Gasteiger partial charge in [-0.05, 0) is 31.5 Å². The molecule has 0 radical (unpaired) electrons. The highest BCUT2D eigenvalue weighted by molar-refractivity contribution is 5.85. The van der Waals surface area contributed by atoms with E-state index in [1.807, 2.05) is 24.3 Å². The Hall–Kier alpha value is -1.59. The normalized spacial score (nSPS) is 18.1. The number of nitrogens with one attached hydrogen (secondary N) is 1. The first-order chi connectivity index (χ1) is 9.79. The molecule has 1 N–H and O–H groups in total. The molecular weight excluding hydrogens is 288 g/mol. The number of halogens is 1. The standard InChI is InChI=1S/C15H20N4O.ClH/c1-19(11-6-5-9-16-10-11)14-15(20-2)18-13-8-4-3-7-12(13)17-14;/h3-4,7-8,11,16H,5-6,9-10H2,1-2H3;1H/t11-;/m1./s1. The number of rotatable bonds is 3. The fourth-order valence-corrected chi connectivity index (χ4v) is 2.68. The molecule has 1 aromatic carbocycles. The first-order valence-electron chi connectivity index (χ1n) is 7.04. The van der Waals surface area contributed by atoms with Gasteiger partial charge in [-0.25, -0.2) is 9.97 Å². The molecule has 21 heavy (non-hydrogen) atoms. The lowest BCUT2D eigenvalue weighted by molar-refractivity contribution is 0.390. The summed E-state index contributed by atoms with van der Waals surface area (Å²) in [6, 6.07) is 8.32. The topological polar surface area (TPSA) is 50.3 Å². The van der Waals surface area contributed by atoms with Crippen LogP contribution in [0.4, 0.5) is 5.82 Å². The minimum atomic E-state index is 0. The molecule has 1 aromatic heterocycles. The van der Waals surface area contributed by atoms with E-state index in [-0.39, 0.29) is 12.4 Å². The van der Waals surface area contributed by atoms with Crippen molar-refractivity contribution >= 4 is 29.3 Å². The summed E-state index contributed by atoms with van der Waals surface area (Å²) in [5.41, 5.74) is 1.77. The third-order valence-electron chi connectivity index (χ3n) is 3.87. The Labute approximate surface area is 131 Å². The molecule has 0 amide bonds. The SMILES string of the molecule is COc1nc2ccccc2nc1N(C)[C@@H]1CCCNC1.Cl. The number of aromatic nitrogens is 2. The second-order valence-corrected chi connectivity index (χ2v) is 5.16. The zero-order chi connectivity index (χ0) is 13.9. The van der Waals surface area contributed by atoms with Crippen LogP contribution >= 0.6 is 12.4 Å². The highest BCUT2D eigenvalue weighted by Gasteiger charge is 2.22. The van der Waals surface area contributed by atoms with Crippen LogP contribution in [0.1, 0.15) is 12.8 Å². The van der Waals surface area contributed by atoms with Crippen LogP contribution in [-0.4, -0.2) is 43.3 Å². The number of nitrogens with zero attached hydrogens (tertiary/aromatic N) is 3. The lowest BCUT2D eigenvalue weighted by atomic mass is 10.1. The Morgan fingerprint density at radius 1 is 1.24 bits per heavy atom. The van der Waals surface area contributed by atoms with Crippen molar-refractivity contribution < 1.29 is 4.74 Å². The van der Waals surface area contributed by atoms with Crippen LogP contribution in [0.3, 0.4) is 0 Å². The minimum absolute atomic E-state index is 0. The molecule has 2 aromatic rings. The molecule has 1 fully saturated rings. The zero-order valence-corrected chi connectivity index (χ0v) is 13.2. The van der Waals surface area contributed by atoms with Crippen molar-refractivity contribution in [2.45, 2.75) is 18.9 Å². The summed E-state index contributed by atoms with van der Waals surface area (Å²) in [6.45, 7) is 2.08. The van der Waals surface area contributed by atoms with Crippen LogP contribution in [0.2, 0.25) is 0 Å². The van der Waals surface area contributed by atoms with E-state index in [0.717, 1.165) is 29.9 Å². The lowest BCUT2D eigenvalue weighted by Crippen LogP contribution is -2.44. The van der Waals surface area contributed by atoms with E-state index in [0.29, 0.717) is 11.9 Å². The number of hydrogen-bond donors (Lipinski definition) is 1. The summed E-state index contributed by atoms with van der Waals surface area (Å²) in [5.74, 6) is 1.41. The van der Waals surface area contributed by atoms with Gasteiger partial charge in [-0.1, -0.05) is 12.1 Å². The highest BCUT2D eigenvalue weighted by Crippen LogP contribution is 2.28. The lowest BCUT2D eigenvalue weighted by Gasteiger charge is -2.32. The van der Waals surface area contributed by atoms with E-state index in [1.165, 1.54) is 12.8 Å². The van der Waals surface area contributed by atoms with Gasteiger partial charge in [0.25, 0.3) is 5.88 Å². The van der Waals surface area contributed by atoms with Crippen molar-refractivity contribution in [3.63, 3.8) is 0 Å². The van der Waals surface area contributed by atoms with E-state index >= 15 is 0 Å². The number of methoxy groups -OCH3 is 1. The van der Waals surface area contributed by atoms with Gasteiger partial charge in [-0.2, -0.15) is 0 Å². The first-order valence-corrected chi connectivity index (χ1v) is 7.04. The molecule has 0 bridgehead atoms. The van der Waals surface area contributed by atoms with Gasteiger partial charge in [0.2, 0.25) is 0 Å². The van der Waals surface area contributed by atoms with Crippen molar-refractivity contribution in [2.75, 3.05) is 32.1 Å². The Kier molecular flexibility index (Phi) is 5.20. The molecule has 0 unspecified atom stereocenters. The monoisotopic (exact) mass is 308 g/mol. The van der Waals surface area contributed by atoms with Gasteiger partial charge in [-0.15, -0.1) is 12.4 Å². The van der Waals surface area contributed by atoms with Crippen molar-refractivity contribution in [3.05, 3.63) is 24.3 Å². The molecule has 5 nitrogen and oxygen atoms in total. The Morgan fingerprint density at radius 3 is 2.57 bits per heavy atom. The molecule has 3 rings (SSSR count). The van der Waals surface area contributed by atoms with Gasteiger partial charge in [0.05, 0.1) is 18.1 Å². The van der Waals surface area contributed by atoms with E-state index in [9.17, 15) is 0 Å². The molecule has 0 spiro atoms. The second kappa shape index (κ2) is 6.91. The Morgan fingerprint density at radius 2 is 1.95 bits per heavy atom. The number of anilines is 1. The van der Waals surface area contributed by atoms with Crippen LogP contribution in [0.15, 0.2) is 24.3 Å². The zero-order valence-electron chi connectivity index (χ0n) is 12.4. The predicted octanol–water partition coefficient (Wildman–Crippen LogP) is 2.25. The average Bonchev–Trinajstić information content (AvgIpc) is 2.53. The van der Waals surface area contributed by atoms with Crippen molar-refractivity contribution in [2.24, 2.45) is 0 Å². The molecule has 0 saturated carbocycles. The maximum atomic E-state index is 5.43. The number of hydrogen-bond acceptors (Lipinski definition) is 5. The van der Waals surface area contributed by atoms with Crippen LogP contribution in [0.5, 0.6) is 5.88 Å². The summed E-state index contributed by atoms with van der Waals surface area (Å²) in [6.07, 6.45) is 2.36. The maximum Gasteiger partial charge on any atom is 0.257 e. The summed E-state index contributed by atoms with van der Waals surface area (Å²) in [4.78, 5) is 11.5. The Balaban J connectivity index is 0.00000161. The second-order valence-electron chi connectivity index (χ2n) is 5.16. The number of benzene rings is 1. The number of ether oxygens (including phenoxy) is 1. The van der Waals surface area contributed by atoms with Gasteiger partial charge in [0.15, 0.2) is 5.82 Å². The fraction of sp³-hybridized carbons (Fsp3) is 0.467. The average molecular weight is 309 g/mol. The highest BCUT2D eigenvalue weighted by atomic mass is 35.5. The van der Waals surface area contributed by atoms with Crippen LogP contribution in [-0.2, 0) is 0 Å². The third-order valence-corrected chi connectivity index (χ3v) is 3.87. The smallest absolute Gasteiger partial charge is 0.257 e. The first kappa shape index (κ1) is 15.8. The molecule has 0 aliphatic carbocycles. The molecule has 114 valence electrons. The fourth-order valence-electron chi connectivity index (χ4n) is 2.68. The molecule has 1 aliphatic heterocycles. The summed E-state index contributed by atoms with van der Waals surface area (Å²) < 4.78 is 5.43. The maximum absolute atomic E-state index is 5.43. The van der Waals surface area contributed by atoms with Gasteiger partial charge < -0.3 is 15.0 Å². The molecule has 6 heteroatoms. The van der Waals surface area contributed by atoms with Gasteiger partial charge in [0, 0.05) is 19.6 Å². The van der Waals surface area contributed by atoms with Gasteiger partial charge in [-0.3, -0.25) is 0 Å². The van der Waals surface area contributed by atoms with Gasteiger partial charge in [0.1, 0.15) is 0 Å². The van der Waals surface area contributed by atoms with Gasteiger partial charge >= 0.3 is 0 Å². The number of piperidine rings is 1. The number of para-hydroxylation sites is 2. The number of likely N-dealkylation sites (N-methyl/N-ethyl adjacent to an activating group) is 1. The van der Waals surface area contributed by atoms with Crippen molar-refractivity contribution in [1.29, 1.82) is 0 Å². The van der Waals surface area contributed by atoms with E-state index < -0.39 is 0 Å². The molecular formula is C15H21ClN4O. The van der Waals surface area contributed by atoms with Crippen LogP contribution in [0.25, 0.3) is 11.0 Å². The van der Waals surface area contributed by atoms with Crippen LogP contribution in [0, 0.1) is 0 Å². The molecule has 1 atom stereocenters. The summed E-state index contributed by atoms with van der Waals surface area (Å²) >= 11 is 0. The van der Waals surface area contributed by atoms with E-state index in [4.69, 9.17) is 9.72 Å². The molecule has 1 saturated heterocycles.